The van der Waals surface area contributed by atoms with Gasteiger partial charge < -0.3 is 14.8 Å². The van der Waals surface area contributed by atoms with Crippen LogP contribution in [0.4, 0.5) is 0 Å². The van der Waals surface area contributed by atoms with Crippen molar-refractivity contribution in [3.8, 4) is 0 Å². The zero-order chi connectivity index (χ0) is 9.56. The molecule has 0 aromatic carbocycles. The number of rotatable bonds is 5. The summed E-state index contributed by atoms with van der Waals surface area (Å²) < 4.78 is 4.75. The smallest absolute Gasteiger partial charge is 0.454 e. The second-order valence-corrected chi connectivity index (χ2v) is 2.75. The molecule has 0 amide bonds. The molecule has 0 aromatic rings. The van der Waals surface area contributed by atoms with Gasteiger partial charge >= 0.3 is 13.1 Å². The molecular formula is C7H15BO4. The molecule has 0 rings (SSSR count). The average molecular weight is 174 g/mol. The van der Waals surface area contributed by atoms with Gasteiger partial charge in [-0.1, -0.05) is 13.8 Å². The van der Waals surface area contributed by atoms with Crippen molar-refractivity contribution in [1.82, 2.24) is 0 Å². The zero-order valence-electron chi connectivity index (χ0n) is 7.49. The summed E-state index contributed by atoms with van der Waals surface area (Å²) in [5, 5.41) is 16.9. The molecule has 0 aliphatic rings. The molecule has 0 heterocycles. The maximum Gasteiger partial charge on any atom is 0.454 e. The van der Waals surface area contributed by atoms with E-state index in [9.17, 15) is 4.79 Å². The Hall–Kier alpha value is -0.545. The summed E-state index contributed by atoms with van der Waals surface area (Å²) in [5.74, 6) is -0.390. The van der Waals surface area contributed by atoms with Crippen LogP contribution >= 0.6 is 0 Å². The third-order valence-electron chi connectivity index (χ3n) is 1.64. The van der Waals surface area contributed by atoms with Crippen molar-refractivity contribution in [2.24, 2.45) is 5.92 Å². The van der Waals surface area contributed by atoms with E-state index in [1.165, 1.54) is 0 Å². The molecule has 0 spiro atoms. The van der Waals surface area contributed by atoms with E-state index in [2.05, 4.69) is 0 Å². The molecule has 4 nitrogen and oxygen atoms in total. The van der Waals surface area contributed by atoms with Crippen molar-refractivity contribution in [2.45, 2.75) is 26.6 Å². The summed E-state index contributed by atoms with van der Waals surface area (Å²) in [4.78, 5) is 11.0. The molecule has 0 bridgehead atoms. The molecule has 0 aromatic heterocycles. The lowest BCUT2D eigenvalue weighted by molar-refractivity contribution is -0.147. The van der Waals surface area contributed by atoms with Crippen LogP contribution in [0.25, 0.3) is 0 Å². The molecule has 12 heavy (non-hydrogen) atoms. The van der Waals surface area contributed by atoms with Crippen LogP contribution in [0.2, 0.25) is 6.32 Å². The lowest BCUT2D eigenvalue weighted by Crippen LogP contribution is -2.19. The minimum absolute atomic E-state index is 0.0703. The summed E-state index contributed by atoms with van der Waals surface area (Å²) in [7, 11) is -1.39. The molecule has 5 heteroatoms. The molecule has 0 fully saturated rings. The monoisotopic (exact) mass is 174 g/mol. The fraction of sp³-hybridized carbons (Fsp3) is 0.857. The number of hydrogen-bond acceptors (Lipinski definition) is 4. The van der Waals surface area contributed by atoms with Gasteiger partial charge in [0.05, 0.1) is 12.5 Å². The maximum atomic E-state index is 11.0. The van der Waals surface area contributed by atoms with Gasteiger partial charge in [-0.3, -0.25) is 4.79 Å². The maximum absolute atomic E-state index is 11.0. The van der Waals surface area contributed by atoms with E-state index in [1.807, 2.05) is 6.92 Å². The second kappa shape index (κ2) is 6.02. The highest BCUT2D eigenvalue weighted by Gasteiger charge is 2.13. The first-order valence-electron chi connectivity index (χ1n) is 4.10. The van der Waals surface area contributed by atoms with Crippen molar-refractivity contribution in [3.05, 3.63) is 0 Å². The van der Waals surface area contributed by atoms with Crippen LogP contribution in [0.15, 0.2) is 0 Å². The highest BCUT2D eigenvalue weighted by Crippen LogP contribution is 2.03. The van der Waals surface area contributed by atoms with Gasteiger partial charge in [-0.15, -0.1) is 0 Å². The van der Waals surface area contributed by atoms with Gasteiger partial charge in [-0.2, -0.15) is 0 Å². The highest BCUT2D eigenvalue weighted by atomic mass is 16.5. The van der Waals surface area contributed by atoms with Crippen molar-refractivity contribution in [2.75, 3.05) is 6.61 Å². The predicted molar refractivity (Wildman–Crippen MR) is 45.4 cm³/mol. The van der Waals surface area contributed by atoms with Gasteiger partial charge in [0, 0.05) is 6.32 Å². The van der Waals surface area contributed by atoms with Gasteiger partial charge in [-0.05, 0) is 6.42 Å². The third kappa shape index (κ3) is 5.15. The largest absolute Gasteiger partial charge is 0.466 e. The molecule has 1 atom stereocenters. The SMILES string of the molecule is CCC(C)C(=O)OCCB(O)O. The van der Waals surface area contributed by atoms with E-state index in [0.717, 1.165) is 6.42 Å². The van der Waals surface area contributed by atoms with E-state index in [1.54, 1.807) is 6.92 Å². The van der Waals surface area contributed by atoms with Crippen molar-refractivity contribution in [3.63, 3.8) is 0 Å². The molecule has 2 N–H and O–H groups in total. The summed E-state index contributed by atoms with van der Waals surface area (Å²) in [6.07, 6.45) is 0.808. The first-order valence-corrected chi connectivity index (χ1v) is 4.10. The number of esters is 1. The first kappa shape index (κ1) is 11.5. The summed E-state index contributed by atoms with van der Waals surface area (Å²) in [6, 6.07) is 0. The minimum Gasteiger partial charge on any atom is -0.466 e. The number of carbonyl (C=O) groups excluding carboxylic acids is 1. The van der Waals surface area contributed by atoms with Crippen LogP contribution in [0.1, 0.15) is 20.3 Å². The van der Waals surface area contributed by atoms with Crippen LogP contribution < -0.4 is 0 Å². The Morgan fingerprint density at radius 2 is 2.17 bits per heavy atom. The van der Waals surface area contributed by atoms with E-state index >= 15 is 0 Å². The van der Waals surface area contributed by atoms with Crippen molar-refractivity contribution >= 4 is 13.1 Å². The number of carbonyl (C=O) groups is 1. The zero-order valence-corrected chi connectivity index (χ0v) is 7.49. The normalized spacial score (nSPS) is 12.3. The first-order chi connectivity index (χ1) is 5.57. The Labute approximate surface area is 72.7 Å². The molecule has 0 saturated heterocycles. The molecule has 70 valence electrons. The quantitative estimate of drug-likeness (QED) is 0.456. The molecule has 1 unspecified atom stereocenters. The standard InChI is InChI=1S/C7H15BO4/c1-3-6(2)7(9)12-5-4-8(10)11/h6,10-11H,3-5H2,1-2H3. The molecule has 0 radical (unpaired) electrons. The van der Waals surface area contributed by atoms with E-state index in [0.29, 0.717) is 0 Å². The second-order valence-electron chi connectivity index (χ2n) is 2.75. The minimum atomic E-state index is -1.39. The topological polar surface area (TPSA) is 66.8 Å². The van der Waals surface area contributed by atoms with Crippen LogP contribution in [-0.4, -0.2) is 29.7 Å². The Balaban J connectivity index is 3.44. The number of ether oxygens (including phenoxy) is 1. The van der Waals surface area contributed by atoms with Gasteiger partial charge in [0.25, 0.3) is 0 Å². The van der Waals surface area contributed by atoms with Crippen molar-refractivity contribution in [1.29, 1.82) is 0 Å². The third-order valence-corrected chi connectivity index (χ3v) is 1.64. The fourth-order valence-corrected chi connectivity index (χ4v) is 0.574. The van der Waals surface area contributed by atoms with Gasteiger partial charge in [-0.25, -0.2) is 0 Å². The van der Waals surface area contributed by atoms with Gasteiger partial charge in [0.1, 0.15) is 0 Å². The van der Waals surface area contributed by atoms with E-state index in [-0.39, 0.29) is 24.8 Å². The average Bonchev–Trinajstić information content (AvgIpc) is 2.02. The van der Waals surface area contributed by atoms with Crippen LogP contribution in [0, 0.1) is 5.92 Å². The lowest BCUT2D eigenvalue weighted by Gasteiger charge is -2.08. The van der Waals surface area contributed by atoms with Gasteiger partial charge in [0.15, 0.2) is 0 Å². The molecule has 0 aliphatic carbocycles. The Morgan fingerprint density at radius 3 is 2.58 bits per heavy atom. The molecule has 0 aliphatic heterocycles. The van der Waals surface area contributed by atoms with Crippen LogP contribution in [-0.2, 0) is 9.53 Å². The summed E-state index contributed by atoms with van der Waals surface area (Å²) in [5.41, 5.74) is 0. The Bertz CT molecular complexity index is 137. The Kier molecular flexibility index (Phi) is 5.75. The van der Waals surface area contributed by atoms with Crippen molar-refractivity contribution < 1.29 is 19.6 Å². The fourth-order valence-electron chi connectivity index (χ4n) is 0.574. The predicted octanol–water partition coefficient (Wildman–Crippen LogP) is 0.0485. The Morgan fingerprint density at radius 1 is 1.58 bits per heavy atom. The molecular weight excluding hydrogens is 159 g/mol. The van der Waals surface area contributed by atoms with Gasteiger partial charge in [0.2, 0.25) is 0 Å². The highest BCUT2D eigenvalue weighted by molar-refractivity contribution is 6.41. The van der Waals surface area contributed by atoms with E-state index in [4.69, 9.17) is 14.8 Å². The lowest BCUT2D eigenvalue weighted by atomic mass is 9.87. The summed E-state index contributed by atoms with van der Waals surface area (Å²) in [6.45, 7) is 3.74. The van der Waals surface area contributed by atoms with E-state index < -0.39 is 7.12 Å². The van der Waals surface area contributed by atoms with Crippen LogP contribution in [0.3, 0.4) is 0 Å². The summed E-state index contributed by atoms with van der Waals surface area (Å²) >= 11 is 0. The molecule has 0 saturated carbocycles. The van der Waals surface area contributed by atoms with Crippen LogP contribution in [0.5, 0.6) is 0 Å². The number of hydrogen-bond donors (Lipinski definition) is 2.